The number of alkyl halides is 1. The lowest BCUT2D eigenvalue weighted by atomic mass is 10.1. The van der Waals surface area contributed by atoms with E-state index in [4.69, 9.17) is 11.6 Å². The van der Waals surface area contributed by atoms with E-state index in [1.807, 2.05) is 13.8 Å². The van der Waals surface area contributed by atoms with Gasteiger partial charge in [0.15, 0.2) is 0 Å². The van der Waals surface area contributed by atoms with Crippen LogP contribution in [-0.4, -0.2) is 11.2 Å². The van der Waals surface area contributed by atoms with Gasteiger partial charge in [-0.3, -0.25) is 4.79 Å². The molecular weight excluding hydrogens is 148 g/mol. The predicted octanol–water partition coefficient (Wildman–Crippen LogP) is 1.84. The van der Waals surface area contributed by atoms with Gasteiger partial charge in [-0.15, -0.1) is 11.6 Å². The van der Waals surface area contributed by atoms with Crippen LogP contribution < -0.4 is 0 Å². The van der Waals surface area contributed by atoms with Crippen LogP contribution in [0, 0.1) is 17.8 Å². The molecule has 0 saturated heterocycles. The molecule has 0 aromatic carbocycles. The number of hydrogen-bond acceptors (Lipinski definition) is 1. The molecule has 0 aromatic rings. The lowest BCUT2D eigenvalue weighted by Gasteiger charge is -1.92. The molecule has 0 bridgehead atoms. The summed E-state index contributed by atoms with van der Waals surface area (Å²) in [7, 11) is 0. The van der Waals surface area contributed by atoms with E-state index in [-0.39, 0.29) is 17.1 Å². The summed E-state index contributed by atoms with van der Waals surface area (Å²) in [5, 5.41) is -0.234. The number of hydrogen-bond donors (Lipinski definition) is 0. The third-order valence-corrected chi connectivity index (χ3v) is 1.03. The number of carbonyl (C=O) groups is 1. The Bertz CT molecular complexity index is 171. The molecule has 10 heavy (non-hydrogen) atoms. The molecule has 2 heteroatoms. The largest absolute Gasteiger partial charge is 0.285 e. The van der Waals surface area contributed by atoms with Crippen LogP contribution in [0.2, 0.25) is 0 Å². The van der Waals surface area contributed by atoms with E-state index in [0.717, 1.165) is 0 Å². The normalized spacial score (nSPS) is 12.1. The molecule has 0 aliphatic heterocycles. The lowest BCUT2D eigenvalue weighted by molar-refractivity contribution is -0.116. The topological polar surface area (TPSA) is 17.1 Å². The zero-order valence-corrected chi connectivity index (χ0v) is 7.20. The average Bonchev–Trinajstić information content (AvgIpc) is 1.82. The molecule has 1 nitrogen and oxygen atoms in total. The van der Waals surface area contributed by atoms with Crippen LogP contribution in [0.1, 0.15) is 20.8 Å². The summed E-state index contributed by atoms with van der Waals surface area (Å²) in [6, 6.07) is 0. The highest BCUT2D eigenvalue weighted by Gasteiger charge is 2.01. The van der Waals surface area contributed by atoms with Gasteiger partial charge in [0.25, 0.3) is 0 Å². The first-order valence-electron chi connectivity index (χ1n) is 3.23. The van der Waals surface area contributed by atoms with E-state index in [9.17, 15) is 4.79 Å². The molecule has 0 aliphatic carbocycles. The molecule has 0 spiro atoms. The Balaban J connectivity index is 3.93. The lowest BCUT2D eigenvalue weighted by Crippen LogP contribution is -2.03. The van der Waals surface area contributed by atoms with E-state index >= 15 is 0 Å². The molecule has 56 valence electrons. The maximum atomic E-state index is 10.8. The Morgan fingerprint density at radius 3 is 2.20 bits per heavy atom. The summed E-state index contributed by atoms with van der Waals surface area (Å²) in [5.41, 5.74) is 0. The van der Waals surface area contributed by atoms with Crippen LogP contribution in [-0.2, 0) is 4.79 Å². The van der Waals surface area contributed by atoms with Crippen LogP contribution in [0.3, 0.4) is 0 Å². The predicted molar refractivity (Wildman–Crippen MR) is 42.9 cm³/mol. The second kappa shape index (κ2) is 4.35. The molecule has 0 amide bonds. The van der Waals surface area contributed by atoms with Crippen molar-refractivity contribution in [1.82, 2.24) is 0 Å². The smallest absolute Gasteiger partial charge is 0.208 e. The van der Waals surface area contributed by atoms with Gasteiger partial charge >= 0.3 is 0 Å². The summed E-state index contributed by atoms with van der Waals surface area (Å²) in [5.74, 6) is 4.99. The van der Waals surface area contributed by atoms with Crippen LogP contribution in [0.4, 0.5) is 0 Å². The van der Waals surface area contributed by atoms with Gasteiger partial charge in [0.2, 0.25) is 5.78 Å². The highest BCUT2D eigenvalue weighted by atomic mass is 35.5. The molecule has 0 fully saturated rings. The maximum absolute atomic E-state index is 10.8. The van der Waals surface area contributed by atoms with E-state index in [1.54, 1.807) is 6.92 Å². The van der Waals surface area contributed by atoms with Crippen LogP contribution >= 0.6 is 11.6 Å². The van der Waals surface area contributed by atoms with Crippen LogP contribution in [0.15, 0.2) is 0 Å². The minimum absolute atomic E-state index is 0.0112. The van der Waals surface area contributed by atoms with Crippen molar-refractivity contribution in [2.45, 2.75) is 26.1 Å². The summed E-state index contributed by atoms with van der Waals surface area (Å²) in [4.78, 5) is 10.8. The Labute approximate surface area is 66.8 Å². The molecule has 0 heterocycles. The molecule has 1 atom stereocenters. The first-order valence-corrected chi connectivity index (χ1v) is 3.67. The van der Waals surface area contributed by atoms with E-state index < -0.39 is 0 Å². The molecule has 0 rings (SSSR count). The number of rotatable bonds is 1. The molecule has 1 unspecified atom stereocenters. The number of Topliss-reactive ketones (excluding diaryl/α,β-unsaturated/α-hetero) is 1. The van der Waals surface area contributed by atoms with Gasteiger partial charge in [0, 0.05) is 5.92 Å². The van der Waals surface area contributed by atoms with Crippen molar-refractivity contribution in [3.05, 3.63) is 0 Å². The zero-order chi connectivity index (χ0) is 8.15. The first kappa shape index (κ1) is 9.52. The summed E-state index contributed by atoms with van der Waals surface area (Å²) < 4.78 is 0. The van der Waals surface area contributed by atoms with Gasteiger partial charge in [-0.25, -0.2) is 0 Å². The third-order valence-electron chi connectivity index (χ3n) is 0.919. The van der Waals surface area contributed by atoms with Gasteiger partial charge < -0.3 is 0 Å². The maximum Gasteiger partial charge on any atom is 0.208 e. The van der Waals surface area contributed by atoms with Gasteiger partial charge in [0.1, 0.15) is 0 Å². The summed E-state index contributed by atoms with van der Waals surface area (Å²) in [6.45, 7) is 5.37. The average molecular weight is 159 g/mol. The third kappa shape index (κ3) is 4.40. The van der Waals surface area contributed by atoms with Crippen molar-refractivity contribution in [3.8, 4) is 11.8 Å². The van der Waals surface area contributed by atoms with Gasteiger partial charge in [-0.05, 0) is 12.8 Å². The Morgan fingerprint density at radius 2 is 1.90 bits per heavy atom. The van der Waals surface area contributed by atoms with Crippen molar-refractivity contribution >= 4 is 17.4 Å². The zero-order valence-electron chi connectivity index (χ0n) is 6.44. The molecule has 0 saturated carbocycles. The fraction of sp³-hybridized carbons (Fsp3) is 0.625. The van der Waals surface area contributed by atoms with Crippen molar-refractivity contribution in [3.63, 3.8) is 0 Å². The van der Waals surface area contributed by atoms with Crippen molar-refractivity contribution in [2.75, 3.05) is 0 Å². The summed E-state index contributed by atoms with van der Waals surface area (Å²) in [6.07, 6.45) is 0. The Morgan fingerprint density at radius 1 is 1.40 bits per heavy atom. The van der Waals surface area contributed by atoms with Crippen LogP contribution in [0.5, 0.6) is 0 Å². The minimum atomic E-state index is -0.234. The van der Waals surface area contributed by atoms with Crippen molar-refractivity contribution < 1.29 is 4.79 Å². The van der Waals surface area contributed by atoms with E-state index in [1.165, 1.54) is 0 Å². The Hall–Kier alpha value is -0.480. The standard InChI is InChI=1S/C8H11ClO/c1-6(2)8(10)5-4-7(3)9/h6-7H,1-3H3. The quantitative estimate of drug-likeness (QED) is 0.323. The van der Waals surface area contributed by atoms with Crippen molar-refractivity contribution in [1.29, 1.82) is 0 Å². The van der Waals surface area contributed by atoms with E-state index in [2.05, 4.69) is 11.8 Å². The molecule has 0 radical (unpaired) electrons. The number of halogens is 1. The fourth-order valence-electron chi connectivity index (χ4n) is 0.315. The summed E-state index contributed by atoms with van der Waals surface area (Å²) >= 11 is 5.50. The van der Waals surface area contributed by atoms with Gasteiger partial charge in [-0.1, -0.05) is 19.8 Å². The van der Waals surface area contributed by atoms with Gasteiger partial charge in [0.05, 0.1) is 5.38 Å². The molecule has 0 N–H and O–H groups in total. The molecular formula is C8H11ClO. The number of ketones is 1. The minimum Gasteiger partial charge on any atom is -0.285 e. The molecule has 0 aliphatic rings. The first-order chi connectivity index (χ1) is 4.54. The number of carbonyl (C=O) groups excluding carboxylic acids is 1. The SMILES string of the molecule is CC(Cl)C#CC(=O)C(C)C. The van der Waals surface area contributed by atoms with Crippen LogP contribution in [0.25, 0.3) is 0 Å². The second-order valence-electron chi connectivity index (χ2n) is 2.40. The van der Waals surface area contributed by atoms with Crippen molar-refractivity contribution in [2.24, 2.45) is 5.92 Å². The molecule has 0 aromatic heterocycles. The Kier molecular flexibility index (Phi) is 4.14. The highest BCUT2D eigenvalue weighted by Crippen LogP contribution is 1.93. The highest BCUT2D eigenvalue weighted by molar-refractivity contribution is 6.22. The second-order valence-corrected chi connectivity index (χ2v) is 3.06. The monoisotopic (exact) mass is 158 g/mol. The van der Waals surface area contributed by atoms with Gasteiger partial charge in [-0.2, -0.15) is 0 Å². The van der Waals surface area contributed by atoms with E-state index in [0.29, 0.717) is 0 Å². The fourth-order valence-corrected chi connectivity index (χ4v) is 0.369.